The number of hydrazone groups is 1. The van der Waals surface area contributed by atoms with Crippen molar-refractivity contribution in [1.82, 2.24) is 5.01 Å². The molecule has 0 spiro atoms. The summed E-state index contributed by atoms with van der Waals surface area (Å²) in [6.07, 6.45) is 0.766. The second-order valence-corrected chi connectivity index (χ2v) is 10.0. The number of benzene rings is 3. The predicted octanol–water partition coefficient (Wildman–Crippen LogP) is 5.48. The Hall–Kier alpha value is -3.71. The summed E-state index contributed by atoms with van der Waals surface area (Å²) >= 11 is 1.31. The monoisotopic (exact) mass is 482 g/mol. The summed E-state index contributed by atoms with van der Waals surface area (Å²) in [5.41, 5.74) is 6.21. The maximum atomic E-state index is 12.7. The van der Waals surface area contributed by atoms with Crippen LogP contribution in [0.25, 0.3) is 0 Å². The first-order valence-electron chi connectivity index (χ1n) is 11.6. The molecule has 0 saturated heterocycles. The molecule has 0 aliphatic carbocycles. The first-order chi connectivity index (χ1) is 17.0. The van der Waals surface area contributed by atoms with Crippen LogP contribution < -0.4 is 5.32 Å². The number of amidine groups is 1. The van der Waals surface area contributed by atoms with Gasteiger partial charge in [-0.1, -0.05) is 89.6 Å². The average Bonchev–Trinajstić information content (AvgIpc) is 3.45. The lowest BCUT2D eigenvalue weighted by molar-refractivity contribution is -0.121. The number of para-hydroxylation sites is 1. The van der Waals surface area contributed by atoms with Crippen LogP contribution in [0.2, 0.25) is 0 Å². The van der Waals surface area contributed by atoms with Gasteiger partial charge in [-0.3, -0.25) is 9.59 Å². The number of hydrogen-bond donors (Lipinski definition) is 1. The second-order valence-electron chi connectivity index (χ2n) is 8.85. The molecule has 2 unspecified atom stereocenters. The number of hydrogen-bond acceptors (Lipinski definition) is 5. The van der Waals surface area contributed by atoms with Crippen LogP contribution in [0.1, 0.15) is 41.1 Å². The number of aliphatic imine (C=N–C) groups is 1. The molecule has 2 aliphatic rings. The summed E-state index contributed by atoms with van der Waals surface area (Å²) in [7, 11) is 0. The Morgan fingerprint density at radius 3 is 2.31 bits per heavy atom. The number of carbonyl (C=O) groups excluding carboxylic acids is 2. The van der Waals surface area contributed by atoms with E-state index in [-0.39, 0.29) is 24.3 Å². The van der Waals surface area contributed by atoms with E-state index in [9.17, 15) is 9.59 Å². The van der Waals surface area contributed by atoms with E-state index in [0.717, 1.165) is 16.8 Å². The maximum absolute atomic E-state index is 12.7. The van der Waals surface area contributed by atoms with Crippen LogP contribution in [-0.4, -0.2) is 33.0 Å². The lowest BCUT2D eigenvalue weighted by atomic mass is 9.97. The Morgan fingerprint density at radius 1 is 0.971 bits per heavy atom. The Balaban J connectivity index is 1.36. The fraction of sp³-hybridized carbons (Fsp3) is 0.214. The third-order valence-electron chi connectivity index (χ3n) is 6.11. The zero-order valence-corrected chi connectivity index (χ0v) is 20.5. The lowest BCUT2D eigenvalue weighted by Crippen LogP contribution is -2.25. The molecular formula is C28H26N4O2S. The van der Waals surface area contributed by atoms with E-state index in [2.05, 4.69) is 72.7 Å². The Morgan fingerprint density at radius 2 is 1.63 bits per heavy atom. The normalized spacial score (nSPS) is 19.5. The molecule has 3 aromatic rings. The van der Waals surface area contributed by atoms with E-state index in [1.165, 1.54) is 22.9 Å². The van der Waals surface area contributed by atoms with Crippen molar-refractivity contribution in [3.8, 4) is 0 Å². The Kier molecular flexibility index (Phi) is 6.51. The topological polar surface area (TPSA) is 74.1 Å². The molecule has 5 rings (SSSR count). The van der Waals surface area contributed by atoms with Crippen LogP contribution in [0.5, 0.6) is 0 Å². The number of rotatable bonds is 5. The molecule has 7 heteroatoms. The van der Waals surface area contributed by atoms with Crippen LogP contribution in [-0.2, 0) is 9.59 Å². The number of aryl methyl sites for hydroxylation is 2. The minimum atomic E-state index is -0.564. The van der Waals surface area contributed by atoms with Gasteiger partial charge in [0.05, 0.1) is 11.8 Å². The molecular weight excluding hydrogens is 456 g/mol. The molecule has 0 bridgehead atoms. The summed E-state index contributed by atoms with van der Waals surface area (Å²) in [6.45, 7) is 4.12. The Labute approximate surface area is 209 Å². The van der Waals surface area contributed by atoms with Gasteiger partial charge in [0.15, 0.2) is 5.17 Å². The van der Waals surface area contributed by atoms with Gasteiger partial charge >= 0.3 is 0 Å². The highest BCUT2D eigenvalue weighted by Gasteiger charge is 2.39. The van der Waals surface area contributed by atoms with Crippen molar-refractivity contribution in [2.75, 3.05) is 5.32 Å². The van der Waals surface area contributed by atoms with E-state index in [4.69, 9.17) is 5.10 Å². The van der Waals surface area contributed by atoms with Crippen LogP contribution in [0.15, 0.2) is 89.0 Å². The van der Waals surface area contributed by atoms with Gasteiger partial charge in [-0.15, -0.1) is 0 Å². The van der Waals surface area contributed by atoms with Crippen molar-refractivity contribution in [1.29, 1.82) is 0 Å². The van der Waals surface area contributed by atoms with Gasteiger partial charge in [-0.05, 0) is 37.1 Å². The average molecular weight is 483 g/mol. The fourth-order valence-electron chi connectivity index (χ4n) is 4.16. The standard InChI is InChI=1S/C28H26N4O2S/c1-18-8-12-20(13-9-18)23-16-24(21-14-10-19(2)11-15-21)32(31-23)28-30-27(34)25(35-28)17-26(33)29-22-6-4-3-5-7-22/h3-15,24-25H,16-17H2,1-2H3,(H,29,33). The van der Waals surface area contributed by atoms with E-state index in [1.54, 1.807) is 0 Å². The summed E-state index contributed by atoms with van der Waals surface area (Å²) in [5, 5.41) is 9.60. The minimum absolute atomic E-state index is 0.0585. The predicted molar refractivity (Wildman–Crippen MR) is 142 cm³/mol. The van der Waals surface area contributed by atoms with E-state index >= 15 is 0 Å². The maximum Gasteiger partial charge on any atom is 0.262 e. The minimum Gasteiger partial charge on any atom is -0.326 e. The van der Waals surface area contributed by atoms with Crippen molar-refractivity contribution in [2.45, 2.75) is 38.0 Å². The number of anilines is 1. The molecule has 2 heterocycles. The van der Waals surface area contributed by atoms with Crippen molar-refractivity contribution >= 4 is 40.1 Å². The molecule has 0 radical (unpaired) electrons. The molecule has 3 aromatic carbocycles. The van der Waals surface area contributed by atoms with Crippen LogP contribution in [0, 0.1) is 13.8 Å². The zero-order valence-electron chi connectivity index (χ0n) is 19.6. The number of nitrogens with one attached hydrogen (secondary N) is 1. The Bertz CT molecular complexity index is 1300. The van der Waals surface area contributed by atoms with E-state index in [1.807, 2.05) is 35.3 Å². The van der Waals surface area contributed by atoms with Gasteiger partial charge in [0.25, 0.3) is 5.91 Å². The van der Waals surface area contributed by atoms with Gasteiger partial charge in [0, 0.05) is 18.5 Å². The van der Waals surface area contributed by atoms with Crippen molar-refractivity contribution in [2.24, 2.45) is 10.1 Å². The number of amides is 2. The number of thioether (sulfide) groups is 1. The SMILES string of the molecule is Cc1ccc(C2=NN(C3=NC(=O)C(CC(=O)Nc4ccccc4)S3)C(c3ccc(C)cc3)C2)cc1. The molecule has 0 fully saturated rings. The largest absolute Gasteiger partial charge is 0.326 e. The molecule has 176 valence electrons. The first kappa shape index (κ1) is 23.1. The summed E-state index contributed by atoms with van der Waals surface area (Å²) in [4.78, 5) is 29.6. The van der Waals surface area contributed by atoms with Crippen LogP contribution >= 0.6 is 11.8 Å². The third-order valence-corrected chi connectivity index (χ3v) is 7.25. The fourth-order valence-corrected chi connectivity index (χ4v) is 5.22. The van der Waals surface area contributed by atoms with Gasteiger partial charge in [0.1, 0.15) is 5.25 Å². The molecule has 2 aliphatic heterocycles. The highest BCUT2D eigenvalue weighted by Crippen LogP contribution is 2.38. The molecule has 2 amide bonds. The zero-order chi connectivity index (χ0) is 24.4. The van der Waals surface area contributed by atoms with Crippen molar-refractivity contribution in [3.63, 3.8) is 0 Å². The smallest absolute Gasteiger partial charge is 0.262 e. The molecule has 1 N–H and O–H groups in total. The number of nitrogens with zero attached hydrogens (tertiary/aromatic N) is 3. The lowest BCUT2D eigenvalue weighted by Gasteiger charge is -2.23. The third kappa shape index (κ3) is 5.20. The van der Waals surface area contributed by atoms with Crippen molar-refractivity contribution in [3.05, 3.63) is 101 Å². The highest BCUT2D eigenvalue weighted by atomic mass is 32.2. The van der Waals surface area contributed by atoms with Crippen molar-refractivity contribution < 1.29 is 9.59 Å². The summed E-state index contributed by atoms with van der Waals surface area (Å²) in [5.74, 6) is -0.506. The summed E-state index contributed by atoms with van der Waals surface area (Å²) in [6, 6.07) is 25.9. The highest BCUT2D eigenvalue weighted by molar-refractivity contribution is 8.15. The molecule has 35 heavy (non-hydrogen) atoms. The second kappa shape index (κ2) is 9.88. The van der Waals surface area contributed by atoms with Gasteiger partial charge in [-0.2, -0.15) is 10.1 Å². The molecule has 6 nitrogen and oxygen atoms in total. The first-order valence-corrected chi connectivity index (χ1v) is 12.5. The molecule has 0 saturated carbocycles. The van der Waals surface area contributed by atoms with Crippen LogP contribution in [0.3, 0.4) is 0 Å². The summed E-state index contributed by atoms with van der Waals surface area (Å²) < 4.78 is 0. The van der Waals surface area contributed by atoms with Gasteiger partial charge in [-0.25, -0.2) is 5.01 Å². The molecule has 2 atom stereocenters. The molecule has 0 aromatic heterocycles. The van der Waals surface area contributed by atoms with E-state index < -0.39 is 5.25 Å². The van der Waals surface area contributed by atoms with E-state index in [0.29, 0.717) is 17.3 Å². The van der Waals surface area contributed by atoms with Crippen LogP contribution in [0.4, 0.5) is 5.69 Å². The van der Waals surface area contributed by atoms with Gasteiger partial charge < -0.3 is 5.32 Å². The number of carbonyl (C=O) groups is 2. The van der Waals surface area contributed by atoms with Gasteiger partial charge in [0.2, 0.25) is 5.91 Å². The quantitative estimate of drug-likeness (QED) is 0.523.